The van der Waals surface area contributed by atoms with Crippen molar-refractivity contribution in [3.05, 3.63) is 88.1 Å². The summed E-state index contributed by atoms with van der Waals surface area (Å²) in [7, 11) is 0. The van der Waals surface area contributed by atoms with Crippen molar-refractivity contribution in [3.63, 3.8) is 0 Å². The molecule has 0 saturated heterocycles. The third-order valence-corrected chi connectivity index (χ3v) is 4.24. The minimum Gasteiger partial charge on any atom is -0.489 e. The van der Waals surface area contributed by atoms with Gasteiger partial charge in [-0.05, 0) is 41.3 Å². The molecule has 0 aliphatic carbocycles. The molecule has 0 radical (unpaired) electrons. The molecule has 0 fully saturated rings. The number of hydrogen-bond donors (Lipinski definition) is 1. The Balaban J connectivity index is 1.53. The zero-order valence-electron chi connectivity index (χ0n) is 12.6. The van der Waals surface area contributed by atoms with Gasteiger partial charge in [-0.2, -0.15) is 0 Å². The lowest BCUT2D eigenvalue weighted by molar-refractivity contribution is 0.0951. The summed E-state index contributed by atoms with van der Waals surface area (Å²) in [5.74, 6) is 0.677. The average Bonchev–Trinajstić information content (AvgIpc) is 3.13. The first kappa shape index (κ1) is 15.3. The van der Waals surface area contributed by atoms with Gasteiger partial charge in [0.15, 0.2) is 0 Å². The lowest BCUT2D eigenvalue weighted by Crippen LogP contribution is -2.22. The summed E-state index contributed by atoms with van der Waals surface area (Å²) in [5.41, 5.74) is 1.75. The van der Waals surface area contributed by atoms with Crippen molar-refractivity contribution < 1.29 is 9.53 Å². The molecular formula is C19H17NO2S. The normalized spacial score (nSPS) is 10.3. The van der Waals surface area contributed by atoms with Crippen molar-refractivity contribution >= 4 is 17.2 Å². The second-order valence-electron chi connectivity index (χ2n) is 5.06. The molecule has 1 amide bonds. The van der Waals surface area contributed by atoms with Gasteiger partial charge in [0, 0.05) is 10.4 Å². The molecule has 0 saturated carbocycles. The first-order valence-corrected chi connectivity index (χ1v) is 8.26. The molecule has 0 spiro atoms. The van der Waals surface area contributed by atoms with E-state index in [1.54, 1.807) is 23.5 Å². The number of benzene rings is 2. The summed E-state index contributed by atoms with van der Waals surface area (Å²) < 4.78 is 5.72. The Bertz CT molecular complexity index is 737. The Morgan fingerprint density at radius 3 is 2.43 bits per heavy atom. The van der Waals surface area contributed by atoms with Crippen molar-refractivity contribution in [1.29, 1.82) is 0 Å². The van der Waals surface area contributed by atoms with Gasteiger partial charge >= 0.3 is 0 Å². The van der Waals surface area contributed by atoms with Crippen LogP contribution in [0.2, 0.25) is 0 Å². The molecule has 3 aromatic rings. The highest BCUT2D eigenvalue weighted by molar-refractivity contribution is 7.09. The predicted molar refractivity (Wildman–Crippen MR) is 92.7 cm³/mol. The van der Waals surface area contributed by atoms with Crippen molar-refractivity contribution in [2.24, 2.45) is 0 Å². The van der Waals surface area contributed by atoms with E-state index < -0.39 is 0 Å². The molecule has 0 unspecified atom stereocenters. The van der Waals surface area contributed by atoms with E-state index in [2.05, 4.69) is 5.32 Å². The van der Waals surface area contributed by atoms with E-state index >= 15 is 0 Å². The van der Waals surface area contributed by atoms with Crippen LogP contribution in [0.15, 0.2) is 72.1 Å². The highest BCUT2D eigenvalue weighted by Gasteiger charge is 2.06. The van der Waals surface area contributed by atoms with E-state index in [4.69, 9.17) is 4.74 Å². The van der Waals surface area contributed by atoms with Crippen molar-refractivity contribution in [2.45, 2.75) is 13.2 Å². The molecule has 0 atom stereocenters. The van der Waals surface area contributed by atoms with E-state index in [1.165, 1.54) is 0 Å². The molecule has 4 heteroatoms. The van der Waals surface area contributed by atoms with Crippen LogP contribution in [0.5, 0.6) is 5.75 Å². The fourth-order valence-electron chi connectivity index (χ4n) is 2.13. The molecule has 3 nitrogen and oxygen atoms in total. The number of thiophene rings is 1. The van der Waals surface area contributed by atoms with Gasteiger partial charge in [0.05, 0.1) is 6.54 Å². The number of carbonyl (C=O) groups is 1. The van der Waals surface area contributed by atoms with Gasteiger partial charge < -0.3 is 10.1 Å². The van der Waals surface area contributed by atoms with E-state index in [-0.39, 0.29) is 5.91 Å². The van der Waals surface area contributed by atoms with E-state index in [1.807, 2.05) is 60.0 Å². The van der Waals surface area contributed by atoms with Crippen LogP contribution in [-0.2, 0) is 13.2 Å². The number of amides is 1. The molecule has 1 N–H and O–H groups in total. The second-order valence-corrected chi connectivity index (χ2v) is 6.09. The number of carbonyl (C=O) groups excluding carboxylic acids is 1. The monoisotopic (exact) mass is 323 g/mol. The van der Waals surface area contributed by atoms with Gasteiger partial charge in [0.1, 0.15) is 12.4 Å². The van der Waals surface area contributed by atoms with Gasteiger partial charge in [-0.3, -0.25) is 4.79 Å². The summed E-state index contributed by atoms with van der Waals surface area (Å²) in [6.45, 7) is 1.08. The van der Waals surface area contributed by atoms with E-state index in [0.717, 1.165) is 16.2 Å². The molecule has 116 valence electrons. The van der Waals surface area contributed by atoms with Crippen LogP contribution < -0.4 is 10.1 Å². The minimum absolute atomic E-state index is 0.0759. The summed E-state index contributed by atoms with van der Waals surface area (Å²) in [6, 6.07) is 21.2. The SMILES string of the molecule is O=C(NCc1cccs1)c1ccc(OCc2ccccc2)cc1. The average molecular weight is 323 g/mol. The van der Waals surface area contributed by atoms with Gasteiger partial charge in [0.25, 0.3) is 5.91 Å². The first-order chi connectivity index (χ1) is 11.3. The minimum atomic E-state index is -0.0759. The fourth-order valence-corrected chi connectivity index (χ4v) is 2.77. The molecule has 0 aliphatic heterocycles. The molecule has 1 aromatic heterocycles. The third kappa shape index (κ3) is 4.44. The smallest absolute Gasteiger partial charge is 0.251 e. The van der Waals surface area contributed by atoms with Gasteiger partial charge in [0.2, 0.25) is 0 Å². The summed E-state index contributed by atoms with van der Waals surface area (Å²) >= 11 is 1.63. The molecule has 0 bridgehead atoms. The van der Waals surface area contributed by atoms with Crippen LogP contribution in [-0.4, -0.2) is 5.91 Å². The van der Waals surface area contributed by atoms with Crippen LogP contribution in [0.4, 0.5) is 0 Å². The standard InChI is InChI=1S/C19H17NO2S/c21-19(20-13-18-7-4-12-23-18)16-8-10-17(11-9-16)22-14-15-5-2-1-3-6-15/h1-12H,13-14H2,(H,20,21). The van der Waals surface area contributed by atoms with Crippen LogP contribution >= 0.6 is 11.3 Å². The van der Waals surface area contributed by atoms with Crippen molar-refractivity contribution in [2.75, 3.05) is 0 Å². The van der Waals surface area contributed by atoms with E-state index in [0.29, 0.717) is 18.7 Å². The fraction of sp³-hybridized carbons (Fsp3) is 0.105. The molecule has 2 aromatic carbocycles. The number of ether oxygens (including phenoxy) is 1. The first-order valence-electron chi connectivity index (χ1n) is 7.38. The molecule has 1 heterocycles. The maximum absolute atomic E-state index is 12.1. The summed E-state index contributed by atoms with van der Waals surface area (Å²) in [4.78, 5) is 13.2. The molecule has 0 aliphatic rings. The van der Waals surface area contributed by atoms with Crippen LogP contribution in [0.25, 0.3) is 0 Å². The number of hydrogen-bond acceptors (Lipinski definition) is 3. The largest absolute Gasteiger partial charge is 0.489 e. The lowest BCUT2D eigenvalue weighted by Gasteiger charge is -2.08. The van der Waals surface area contributed by atoms with Gasteiger partial charge in [-0.15, -0.1) is 11.3 Å². The Labute approximate surface area is 139 Å². The summed E-state index contributed by atoms with van der Waals surface area (Å²) in [6.07, 6.45) is 0. The van der Waals surface area contributed by atoms with Gasteiger partial charge in [-0.25, -0.2) is 0 Å². The zero-order valence-corrected chi connectivity index (χ0v) is 13.4. The van der Waals surface area contributed by atoms with Crippen molar-refractivity contribution in [3.8, 4) is 5.75 Å². The van der Waals surface area contributed by atoms with Gasteiger partial charge in [-0.1, -0.05) is 36.4 Å². The maximum atomic E-state index is 12.1. The van der Waals surface area contributed by atoms with Crippen LogP contribution in [0, 0.1) is 0 Å². The topological polar surface area (TPSA) is 38.3 Å². The Morgan fingerprint density at radius 2 is 1.74 bits per heavy atom. The van der Waals surface area contributed by atoms with Crippen LogP contribution in [0.1, 0.15) is 20.8 Å². The Morgan fingerprint density at radius 1 is 0.957 bits per heavy atom. The van der Waals surface area contributed by atoms with Crippen molar-refractivity contribution in [1.82, 2.24) is 5.32 Å². The lowest BCUT2D eigenvalue weighted by atomic mass is 10.2. The molecule has 3 rings (SSSR count). The Kier molecular flexibility index (Phi) is 5.06. The number of rotatable bonds is 6. The Hall–Kier alpha value is -2.59. The summed E-state index contributed by atoms with van der Waals surface area (Å²) in [5, 5.41) is 4.91. The van der Waals surface area contributed by atoms with E-state index in [9.17, 15) is 4.79 Å². The molecule has 23 heavy (non-hydrogen) atoms. The number of nitrogens with one attached hydrogen (secondary N) is 1. The highest BCUT2D eigenvalue weighted by atomic mass is 32.1. The zero-order chi connectivity index (χ0) is 15.9. The molecular weight excluding hydrogens is 306 g/mol. The third-order valence-electron chi connectivity index (χ3n) is 3.37. The quantitative estimate of drug-likeness (QED) is 0.736. The maximum Gasteiger partial charge on any atom is 0.251 e. The second kappa shape index (κ2) is 7.61. The van der Waals surface area contributed by atoms with Crippen LogP contribution in [0.3, 0.4) is 0 Å². The highest BCUT2D eigenvalue weighted by Crippen LogP contribution is 2.15. The predicted octanol–water partition coefficient (Wildman–Crippen LogP) is 4.26.